The van der Waals surface area contributed by atoms with Gasteiger partial charge in [-0.15, -0.1) is 11.3 Å². The van der Waals surface area contributed by atoms with Crippen molar-refractivity contribution in [1.82, 2.24) is 0 Å². The van der Waals surface area contributed by atoms with E-state index in [-0.39, 0.29) is 11.9 Å². The smallest absolute Gasteiger partial charge is 0.341 e. The predicted molar refractivity (Wildman–Crippen MR) is 68.6 cm³/mol. The topological polar surface area (TPSA) is 55.4 Å². The summed E-state index contributed by atoms with van der Waals surface area (Å²) in [6.07, 6.45) is 1.24. The number of hydrogen-bond donors (Lipinski definition) is 1. The van der Waals surface area contributed by atoms with Crippen molar-refractivity contribution in [3.63, 3.8) is 0 Å². The van der Waals surface area contributed by atoms with Gasteiger partial charge in [-0.2, -0.15) is 0 Å². The van der Waals surface area contributed by atoms with E-state index in [1.807, 2.05) is 13.8 Å². The number of aryl methyl sites for hydroxylation is 1. The van der Waals surface area contributed by atoms with Gasteiger partial charge in [0.05, 0.1) is 12.2 Å². The van der Waals surface area contributed by atoms with Crippen LogP contribution in [0.1, 0.15) is 41.9 Å². The van der Waals surface area contributed by atoms with Crippen LogP contribution in [0.15, 0.2) is 6.07 Å². The molecule has 0 aliphatic heterocycles. The summed E-state index contributed by atoms with van der Waals surface area (Å²) in [5.41, 5.74) is 0.443. The van der Waals surface area contributed by atoms with E-state index in [4.69, 9.17) is 4.74 Å². The van der Waals surface area contributed by atoms with Gasteiger partial charge in [-0.1, -0.05) is 6.92 Å². The van der Waals surface area contributed by atoms with Gasteiger partial charge in [-0.3, -0.25) is 4.79 Å². The van der Waals surface area contributed by atoms with Gasteiger partial charge in [0.2, 0.25) is 5.91 Å². The average Bonchev–Trinajstić information content (AvgIpc) is 2.60. The SMILES string of the molecule is CCCC(=O)Nc1sc(C)cc1C(=O)OCC. The maximum Gasteiger partial charge on any atom is 0.341 e. The number of carbonyl (C=O) groups is 2. The second-order valence-electron chi connectivity index (χ2n) is 3.62. The van der Waals surface area contributed by atoms with Crippen molar-refractivity contribution in [2.45, 2.75) is 33.6 Å². The van der Waals surface area contributed by atoms with Gasteiger partial charge in [0, 0.05) is 11.3 Å². The van der Waals surface area contributed by atoms with Gasteiger partial charge < -0.3 is 10.1 Å². The molecule has 0 radical (unpaired) electrons. The minimum atomic E-state index is -0.386. The third-order valence-corrected chi connectivity index (χ3v) is 3.05. The molecule has 0 aromatic carbocycles. The molecule has 0 spiro atoms. The van der Waals surface area contributed by atoms with Gasteiger partial charge in [0.25, 0.3) is 0 Å². The van der Waals surface area contributed by atoms with E-state index in [2.05, 4.69) is 5.32 Å². The Kier molecular flexibility index (Phi) is 5.15. The standard InChI is InChI=1S/C12H17NO3S/c1-4-6-10(14)13-11-9(7-8(3)17-11)12(15)16-5-2/h7H,4-6H2,1-3H3,(H,13,14). The molecule has 0 atom stereocenters. The van der Waals surface area contributed by atoms with E-state index in [1.54, 1.807) is 13.0 Å². The first-order valence-electron chi connectivity index (χ1n) is 5.65. The largest absolute Gasteiger partial charge is 0.462 e. The molecule has 1 aromatic heterocycles. The first-order chi connectivity index (χ1) is 8.08. The number of esters is 1. The highest BCUT2D eigenvalue weighted by Crippen LogP contribution is 2.28. The number of anilines is 1. The second kappa shape index (κ2) is 6.39. The van der Waals surface area contributed by atoms with Crippen LogP contribution < -0.4 is 5.32 Å². The summed E-state index contributed by atoms with van der Waals surface area (Å²) in [7, 11) is 0. The Labute approximate surface area is 105 Å². The average molecular weight is 255 g/mol. The van der Waals surface area contributed by atoms with Crippen LogP contribution in [0.3, 0.4) is 0 Å². The molecule has 1 aromatic rings. The molecule has 1 heterocycles. The molecule has 0 saturated carbocycles. The van der Waals surface area contributed by atoms with Crippen LogP contribution in [-0.4, -0.2) is 18.5 Å². The van der Waals surface area contributed by atoms with Crippen molar-refractivity contribution in [2.24, 2.45) is 0 Å². The van der Waals surface area contributed by atoms with E-state index in [0.29, 0.717) is 23.6 Å². The highest BCUT2D eigenvalue weighted by Gasteiger charge is 2.17. The molecule has 1 rings (SSSR count). The molecule has 0 fully saturated rings. The van der Waals surface area contributed by atoms with E-state index in [1.165, 1.54) is 11.3 Å². The lowest BCUT2D eigenvalue weighted by Gasteiger charge is -2.05. The van der Waals surface area contributed by atoms with Crippen molar-refractivity contribution in [1.29, 1.82) is 0 Å². The zero-order chi connectivity index (χ0) is 12.8. The normalized spacial score (nSPS) is 10.1. The molecule has 0 unspecified atom stereocenters. The first kappa shape index (κ1) is 13.7. The fraction of sp³-hybridized carbons (Fsp3) is 0.500. The Morgan fingerprint density at radius 2 is 2.12 bits per heavy atom. The molecule has 1 amide bonds. The number of ether oxygens (including phenoxy) is 1. The quantitative estimate of drug-likeness (QED) is 0.823. The number of rotatable bonds is 5. The van der Waals surface area contributed by atoms with Crippen LogP contribution in [0.5, 0.6) is 0 Å². The third kappa shape index (κ3) is 3.85. The fourth-order valence-electron chi connectivity index (χ4n) is 1.38. The summed E-state index contributed by atoms with van der Waals surface area (Å²) in [6.45, 7) is 5.91. The molecule has 0 saturated heterocycles. The van der Waals surface area contributed by atoms with E-state index >= 15 is 0 Å². The number of thiophene rings is 1. The Bertz CT molecular complexity index is 412. The number of nitrogens with one attached hydrogen (secondary N) is 1. The third-order valence-electron chi connectivity index (χ3n) is 2.08. The van der Waals surface area contributed by atoms with Crippen LogP contribution in [-0.2, 0) is 9.53 Å². The molecule has 5 heteroatoms. The van der Waals surface area contributed by atoms with Gasteiger partial charge in [-0.05, 0) is 26.3 Å². The van der Waals surface area contributed by atoms with Crippen molar-refractivity contribution < 1.29 is 14.3 Å². The maximum atomic E-state index is 11.7. The monoisotopic (exact) mass is 255 g/mol. The number of hydrogen-bond acceptors (Lipinski definition) is 4. The lowest BCUT2D eigenvalue weighted by atomic mass is 10.3. The minimum absolute atomic E-state index is 0.0695. The summed E-state index contributed by atoms with van der Waals surface area (Å²) >= 11 is 1.39. The lowest BCUT2D eigenvalue weighted by molar-refractivity contribution is -0.116. The number of carbonyl (C=O) groups excluding carboxylic acids is 2. The zero-order valence-electron chi connectivity index (χ0n) is 10.3. The predicted octanol–water partition coefficient (Wildman–Crippen LogP) is 2.97. The molecule has 17 heavy (non-hydrogen) atoms. The summed E-state index contributed by atoms with van der Waals surface area (Å²) in [4.78, 5) is 24.1. The van der Waals surface area contributed by atoms with E-state index in [9.17, 15) is 9.59 Å². The highest BCUT2D eigenvalue weighted by atomic mass is 32.1. The molecule has 0 aliphatic carbocycles. The zero-order valence-corrected chi connectivity index (χ0v) is 11.1. The maximum absolute atomic E-state index is 11.7. The van der Waals surface area contributed by atoms with Crippen LogP contribution in [0.2, 0.25) is 0 Å². The molecular weight excluding hydrogens is 238 g/mol. The van der Waals surface area contributed by atoms with Gasteiger partial charge in [0.1, 0.15) is 5.00 Å². The molecule has 4 nitrogen and oxygen atoms in total. The summed E-state index contributed by atoms with van der Waals surface area (Å²) in [6, 6.07) is 1.74. The van der Waals surface area contributed by atoms with Crippen molar-refractivity contribution >= 4 is 28.2 Å². The number of amides is 1. The first-order valence-corrected chi connectivity index (χ1v) is 6.47. The Morgan fingerprint density at radius 3 is 2.71 bits per heavy atom. The summed E-state index contributed by atoms with van der Waals surface area (Å²) in [5, 5.41) is 3.33. The molecular formula is C12H17NO3S. The van der Waals surface area contributed by atoms with Gasteiger partial charge in [0.15, 0.2) is 0 Å². The summed E-state index contributed by atoms with van der Waals surface area (Å²) < 4.78 is 4.94. The van der Waals surface area contributed by atoms with Gasteiger partial charge >= 0.3 is 5.97 Å². The molecule has 0 aliphatic rings. The molecule has 94 valence electrons. The highest BCUT2D eigenvalue weighted by molar-refractivity contribution is 7.16. The van der Waals surface area contributed by atoms with Crippen LogP contribution in [0.25, 0.3) is 0 Å². The Morgan fingerprint density at radius 1 is 1.41 bits per heavy atom. The summed E-state index contributed by atoms with van der Waals surface area (Å²) in [5.74, 6) is -0.455. The molecule has 1 N–H and O–H groups in total. The van der Waals surface area contributed by atoms with Crippen LogP contribution >= 0.6 is 11.3 Å². The lowest BCUT2D eigenvalue weighted by Crippen LogP contribution is -2.13. The minimum Gasteiger partial charge on any atom is -0.462 e. The van der Waals surface area contributed by atoms with Crippen molar-refractivity contribution in [2.75, 3.05) is 11.9 Å². The molecule has 0 bridgehead atoms. The fourth-order valence-corrected chi connectivity index (χ4v) is 2.30. The van der Waals surface area contributed by atoms with Crippen LogP contribution in [0.4, 0.5) is 5.00 Å². The van der Waals surface area contributed by atoms with E-state index < -0.39 is 0 Å². The Hall–Kier alpha value is -1.36. The van der Waals surface area contributed by atoms with Crippen molar-refractivity contribution in [3.8, 4) is 0 Å². The van der Waals surface area contributed by atoms with E-state index in [0.717, 1.165) is 11.3 Å². The van der Waals surface area contributed by atoms with Crippen LogP contribution in [0, 0.1) is 6.92 Å². The van der Waals surface area contributed by atoms with Gasteiger partial charge in [-0.25, -0.2) is 4.79 Å². The Balaban J connectivity index is 2.84. The second-order valence-corrected chi connectivity index (χ2v) is 4.87. The van der Waals surface area contributed by atoms with Crippen molar-refractivity contribution in [3.05, 3.63) is 16.5 Å².